The van der Waals surface area contributed by atoms with Crippen molar-refractivity contribution in [3.63, 3.8) is 0 Å². The Kier molecular flexibility index (Phi) is 4.82. The van der Waals surface area contributed by atoms with Crippen molar-refractivity contribution in [2.75, 3.05) is 5.32 Å². The van der Waals surface area contributed by atoms with Gasteiger partial charge in [0.25, 0.3) is 0 Å². The molecule has 0 saturated carbocycles. The summed E-state index contributed by atoms with van der Waals surface area (Å²) in [6.07, 6.45) is 0.897. The molecule has 0 bridgehead atoms. The number of nitrogens with one attached hydrogen (secondary N) is 2. The van der Waals surface area contributed by atoms with E-state index in [1.807, 2.05) is 39.8 Å². The van der Waals surface area contributed by atoms with Crippen molar-refractivity contribution in [1.82, 2.24) is 5.32 Å². The van der Waals surface area contributed by atoms with Gasteiger partial charge in [-0.15, -0.1) is 0 Å². The van der Waals surface area contributed by atoms with E-state index in [1.54, 1.807) is 0 Å². The minimum Gasteiger partial charge on any atom is -0.335 e. The van der Waals surface area contributed by atoms with E-state index in [4.69, 9.17) is 11.6 Å². The number of hydrogen-bond donors (Lipinski definition) is 2. The maximum Gasteiger partial charge on any atom is 0.319 e. The highest BCUT2D eigenvalue weighted by atomic mass is 35.5. The Morgan fingerprint density at radius 2 is 2.06 bits per heavy atom. The Morgan fingerprint density at radius 1 is 1.41 bits per heavy atom. The van der Waals surface area contributed by atoms with Gasteiger partial charge in [0.15, 0.2) is 0 Å². The molecule has 0 fully saturated rings. The Bertz CT molecular complexity index is 395. The van der Waals surface area contributed by atoms with Crippen molar-refractivity contribution >= 4 is 23.3 Å². The second-order valence-electron chi connectivity index (χ2n) is 4.35. The van der Waals surface area contributed by atoms with Crippen LogP contribution >= 0.6 is 11.6 Å². The Balaban J connectivity index is 2.78. The second kappa shape index (κ2) is 5.92. The number of halogens is 1. The zero-order chi connectivity index (χ0) is 13.0. The Morgan fingerprint density at radius 3 is 2.59 bits per heavy atom. The molecule has 1 aromatic rings. The van der Waals surface area contributed by atoms with Crippen LogP contribution in [0.25, 0.3) is 0 Å². The largest absolute Gasteiger partial charge is 0.335 e. The molecule has 0 unspecified atom stereocenters. The predicted octanol–water partition coefficient (Wildman–Crippen LogP) is 3.88. The highest BCUT2D eigenvalue weighted by molar-refractivity contribution is 6.34. The monoisotopic (exact) mass is 254 g/mol. The van der Waals surface area contributed by atoms with Crippen LogP contribution in [0.3, 0.4) is 0 Å². The van der Waals surface area contributed by atoms with Gasteiger partial charge in [-0.1, -0.05) is 24.6 Å². The van der Waals surface area contributed by atoms with Crippen LogP contribution in [0.5, 0.6) is 0 Å². The summed E-state index contributed by atoms with van der Waals surface area (Å²) in [5, 5.41) is 6.20. The number of benzene rings is 1. The van der Waals surface area contributed by atoms with Crippen molar-refractivity contribution < 1.29 is 4.79 Å². The second-order valence-corrected chi connectivity index (χ2v) is 4.75. The molecule has 1 atom stereocenters. The number of carbonyl (C=O) groups is 1. The van der Waals surface area contributed by atoms with Gasteiger partial charge in [-0.2, -0.15) is 0 Å². The van der Waals surface area contributed by atoms with Crippen molar-refractivity contribution in [2.45, 2.75) is 40.2 Å². The fourth-order valence-corrected chi connectivity index (χ4v) is 1.92. The summed E-state index contributed by atoms with van der Waals surface area (Å²) in [5.41, 5.74) is 2.73. The number of urea groups is 1. The average molecular weight is 255 g/mol. The molecule has 3 nitrogen and oxygen atoms in total. The van der Waals surface area contributed by atoms with Gasteiger partial charge >= 0.3 is 6.03 Å². The van der Waals surface area contributed by atoms with Gasteiger partial charge in [0.05, 0.1) is 10.7 Å². The summed E-state index contributed by atoms with van der Waals surface area (Å²) < 4.78 is 0. The first-order valence-corrected chi connectivity index (χ1v) is 6.16. The van der Waals surface area contributed by atoms with Crippen LogP contribution in [0.2, 0.25) is 5.02 Å². The van der Waals surface area contributed by atoms with E-state index in [9.17, 15) is 4.79 Å². The maximum atomic E-state index is 11.7. The molecule has 0 spiro atoms. The highest BCUT2D eigenvalue weighted by Crippen LogP contribution is 2.27. The highest BCUT2D eigenvalue weighted by Gasteiger charge is 2.10. The van der Waals surface area contributed by atoms with Crippen LogP contribution in [0, 0.1) is 13.8 Å². The molecule has 2 amide bonds. The minimum atomic E-state index is -0.215. The number of aryl methyl sites for hydroxylation is 2. The fraction of sp³-hybridized carbons (Fsp3) is 0.462. The van der Waals surface area contributed by atoms with Gasteiger partial charge < -0.3 is 10.6 Å². The van der Waals surface area contributed by atoms with Crippen molar-refractivity contribution in [3.8, 4) is 0 Å². The molecule has 0 radical (unpaired) electrons. The summed E-state index contributed by atoms with van der Waals surface area (Å²) in [5.74, 6) is 0. The van der Waals surface area contributed by atoms with E-state index < -0.39 is 0 Å². The summed E-state index contributed by atoms with van der Waals surface area (Å²) in [4.78, 5) is 11.7. The quantitative estimate of drug-likeness (QED) is 0.845. The van der Waals surface area contributed by atoms with E-state index in [0.29, 0.717) is 10.7 Å². The van der Waals surface area contributed by atoms with Gasteiger partial charge in [0.2, 0.25) is 0 Å². The smallest absolute Gasteiger partial charge is 0.319 e. The topological polar surface area (TPSA) is 41.1 Å². The van der Waals surface area contributed by atoms with Crippen LogP contribution in [0.15, 0.2) is 12.1 Å². The third-order valence-electron chi connectivity index (χ3n) is 2.66. The van der Waals surface area contributed by atoms with Gasteiger partial charge in [-0.25, -0.2) is 4.79 Å². The predicted molar refractivity (Wildman–Crippen MR) is 72.8 cm³/mol. The normalized spacial score (nSPS) is 12.1. The number of carbonyl (C=O) groups excluding carboxylic acids is 1. The third-order valence-corrected chi connectivity index (χ3v) is 2.96. The molecule has 0 saturated heterocycles. The van der Waals surface area contributed by atoms with Crippen LogP contribution in [0.1, 0.15) is 31.4 Å². The van der Waals surface area contributed by atoms with Gasteiger partial charge in [-0.05, 0) is 44.4 Å². The molecule has 4 heteroatoms. The molecule has 1 rings (SSSR count). The van der Waals surface area contributed by atoms with Crippen molar-refractivity contribution in [2.24, 2.45) is 0 Å². The fourth-order valence-electron chi connectivity index (χ4n) is 1.55. The summed E-state index contributed by atoms with van der Waals surface area (Å²) in [6, 6.07) is 3.77. The van der Waals surface area contributed by atoms with Crippen molar-refractivity contribution in [1.29, 1.82) is 0 Å². The van der Waals surface area contributed by atoms with E-state index in [2.05, 4.69) is 10.6 Å². The Labute approximate surface area is 108 Å². The third kappa shape index (κ3) is 3.93. The molecule has 17 heavy (non-hydrogen) atoms. The summed E-state index contributed by atoms with van der Waals surface area (Å²) in [7, 11) is 0. The molecule has 0 aliphatic rings. The zero-order valence-electron chi connectivity index (χ0n) is 10.7. The molecule has 0 heterocycles. The van der Waals surface area contributed by atoms with Crippen LogP contribution in [-0.4, -0.2) is 12.1 Å². The van der Waals surface area contributed by atoms with Gasteiger partial charge in [0, 0.05) is 6.04 Å². The van der Waals surface area contributed by atoms with Crippen molar-refractivity contribution in [3.05, 3.63) is 28.3 Å². The van der Waals surface area contributed by atoms with E-state index >= 15 is 0 Å². The first-order valence-electron chi connectivity index (χ1n) is 5.78. The molecule has 0 aromatic heterocycles. The molecule has 94 valence electrons. The van der Waals surface area contributed by atoms with E-state index in [0.717, 1.165) is 17.5 Å². The standard InChI is InChI=1S/C13H19ClN2O/c1-5-10(4)15-13(17)16-12-9(3)6-8(2)7-11(12)14/h6-7,10H,5H2,1-4H3,(H2,15,16,17)/t10-/m1/s1. The van der Waals surface area contributed by atoms with Crippen LogP contribution < -0.4 is 10.6 Å². The summed E-state index contributed by atoms with van der Waals surface area (Å²) >= 11 is 6.11. The summed E-state index contributed by atoms with van der Waals surface area (Å²) in [6.45, 7) is 7.89. The zero-order valence-corrected chi connectivity index (χ0v) is 11.5. The number of rotatable bonds is 3. The molecule has 0 aliphatic carbocycles. The van der Waals surface area contributed by atoms with Gasteiger partial charge in [0.1, 0.15) is 0 Å². The SMILES string of the molecule is CC[C@@H](C)NC(=O)Nc1c(C)cc(C)cc1Cl. The molecule has 1 aromatic carbocycles. The minimum absolute atomic E-state index is 0.152. The Hall–Kier alpha value is -1.22. The number of amides is 2. The van der Waals surface area contributed by atoms with E-state index in [1.165, 1.54) is 0 Å². The lowest BCUT2D eigenvalue weighted by Gasteiger charge is -2.15. The van der Waals surface area contributed by atoms with Crippen LogP contribution in [0.4, 0.5) is 10.5 Å². The molecular formula is C13H19ClN2O. The van der Waals surface area contributed by atoms with E-state index in [-0.39, 0.29) is 12.1 Å². The number of anilines is 1. The lowest BCUT2D eigenvalue weighted by molar-refractivity contribution is 0.249. The first kappa shape index (κ1) is 13.8. The maximum absolute atomic E-state index is 11.7. The average Bonchev–Trinajstić information content (AvgIpc) is 2.23. The molecule has 0 aliphatic heterocycles. The lowest BCUT2D eigenvalue weighted by atomic mass is 10.1. The van der Waals surface area contributed by atoms with Crippen LogP contribution in [-0.2, 0) is 0 Å². The lowest BCUT2D eigenvalue weighted by Crippen LogP contribution is -2.35. The van der Waals surface area contributed by atoms with Gasteiger partial charge in [-0.3, -0.25) is 0 Å². The molecular weight excluding hydrogens is 236 g/mol. The first-order chi connectivity index (χ1) is 7.93. The molecule has 2 N–H and O–H groups in total. The number of hydrogen-bond acceptors (Lipinski definition) is 1.